The molecular formula is C19H28N4O3S. The second-order valence-electron chi connectivity index (χ2n) is 7.04. The van der Waals surface area contributed by atoms with Gasteiger partial charge in [-0.05, 0) is 37.1 Å². The summed E-state index contributed by atoms with van der Waals surface area (Å²) in [4.78, 5) is 14.7. The number of rotatable bonds is 6. The molecule has 27 heavy (non-hydrogen) atoms. The summed E-state index contributed by atoms with van der Waals surface area (Å²) in [5.74, 6) is 0.919. The van der Waals surface area contributed by atoms with Gasteiger partial charge >= 0.3 is 0 Å². The van der Waals surface area contributed by atoms with Crippen molar-refractivity contribution in [2.24, 2.45) is 0 Å². The zero-order valence-corrected chi connectivity index (χ0v) is 17.0. The Hall–Kier alpha value is -2.06. The van der Waals surface area contributed by atoms with Crippen LogP contribution in [-0.4, -0.2) is 61.5 Å². The molecule has 1 fully saturated rings. The Bertz CT molecular complexity index is 910. The van der Waals surface area contributed by atoms with Crippen molar-refractivity contribution in [3.8, 4) is 0 Å². The fraction of sp³-hybridized carbons (Fsp3) is 0.526. The van der Waals surface area contributed by atoms with Gasteiger partial charge in [0.15, 0.2) is 0 Å². The third-order valence-corrected chi connectivity index (χ3v) is 6.55. The molecule has 1 saturated heterocycles. The van der Waals surface area contributed by atoms with Crippen LogP contribution in [0, 0.1) is 0 Å². The molecule has 0 bridgehead atoms. The predicted molar refractivity (Wildman–Crippen MR) is 108 cm³/mol. The molecule has 7 nitrogen and oxygen atoms in total. The molecule has 8 heteroatoms. The summed E-state index contributed by atoms with van der Waals surface area (Å²) in [5.41, 5.74) is 1.64. The maximum atomic E-state index is 12.6. The molecule has 1 aliphatic rings. The van der Waals surface area contributed by atoms with Gasteiger partial charge in [-0.1, -0.05) is 13.8 Å². The van der Waals surface area contributed by atoms with E-state index in [-0.39, 0.29) is 11.9 Å². The molecule has 0 spiro atoms. The summed E-state index contributed by atoms with van der Waals surface area (Å²) in [6.07, 6.45) is 4.93. The quantitative estimate of drug-likeness (QED) is 0.815. The number of fused-ring (bicyclic) bond motifs is 1. The topological polar surface area (TPSA) is 74.1 Å². The van der Waals surface area contributed by atoms with Crippen LogP contribution in [0.1, 0.15) is 37.0 Å². The lowest BCUT2D eigenvalue weighted by atomic mass is 10.1. The van der Waals surface area contributed by atoms with E-state index >= 15 is 0 Å². The van der Waals surface area contributed by atoms with Crippen LogP contribution in [0.4, 0.5) is 5.82 Å². The van der Waals surface area contributed by atoms with Gasteiger partial charge in [-0.2, -0.15) is 4.31 Å². The standard InChI is InChI=1S/C19H28N4O3S/c1-4-16(5-2)20-19(24)15-6-7-17-8-9-18(23(17)14-15)21-10-12-22(13-11-21)27(3,25)26/h6-9,14,16H,4-5,10-13H2,1-3H3,(H,20,24). The SMILES string of the molecule is CCC(CC)NC(=O)c1ccc2ccc(N3CCN(S(C)(=O)=O)CC3)n2c1. The summed E-state index contributed by atoms with van der Waals surface area (Å²) in [7, 11) is -3.15. The lowest BCUT2D eigenvalue weighted by Crippen LogP contribution is -2.48. The van der Waals surface area contributed by atoms with Crippen LogP contribution in [0.3, 0.4) is 0 Å². The minimum Gasteiger partial charge on any atom is -0.355 e. The average molecular weight is 393 g/mol. The van der Waals surface area contributed by atoms with Crippen LogP contribution in [-0.2, 0) is 10.0 Å². The van der Waals surface area contributed by atoms with Crippen molar-refractivity contribution in [1.29, 1.82) is 0 Å². The molecule has 148 valence electrons. The fourth-order valence-electron chi connectivity index (χ4n) is 3.49. The number of hydrogen-bond acceptors (Lipinski definition) is 4. The van der Waals surface area contributed by atoms with Gasteiger partial charge in [-0.15, -0.1) is 0 Å². The first kappa shape index (κ1) is 19.7. The molecule has 0 atom stereocenters. The Morgan fingerprint density at radius 1 is 1.07 bits per heavy atom. The Kier molecular flexibility index (Phi) is 5.76. The molecule has 2 aromatic rings. The number of sulfonamides is 1. The van der Waals surface area contributed by atoms with Crippen LogP contribution in [0.5, 0.6) is 0 Å². The monoisotopic (exact) mass is 392 g/mol. The van der Waals surface area contributed by atoms with Crippen LogP contribution in [0.2, 0.25) is 0 Å². The summed E-state index contributed by atoms with van der Waals surface area (Å²) >= 11 is 0. The molecule has 1 amide bonds. The maximum absolute atomic E-state index is 12.6. The van der Waals surface area contributed by atoms with Crippen LogP contribution >= 0.6 is 0 Å². The molecule has 0 aliphatic carbocycles. The van der Waals surface area contributed by atoms with E-state index in [9.17, 15) is 13.2 Å². The van der Waals surface area contributed by atoms with Gasteiger partial charge in [-0.3, -0.25) is 4.79 Å². The van der Waals surface area contributed by atoms with Crippen LogP contribution < -0.4 is 10.2 Å². The Morgan fingerprint density at radius 2 is 1.70 bits per heavy atom. The first-order valence-electron chi connectivity index (χ1n) is 9.45. The van der Waals surface area contributed by atoms with Gasteiger partial charge < -0.3 is 14.6 Å². The van der Waals surface area contributed by atoms with Gasteiger partial charge in [-0.25, -0.2) is 8.42 Å². The number of carbonyl (C=O) groups is 1. The van der Waals surface area contributed by atoms with E-state index in [1.807, 2.05) is 34.9 Å². The van der Waals surface area contributed by atoms with E-state index in [0.717, 1.165) is 24.2 Å². The van der Waals surface area contributed by atoms with E-state index in [4.69, 9.17) is 0 Å². The van der Waals surface area contributed by atoms with E-state index in [2.05, 4.69) is 24.1 Å². The van der Waals surface area contributed by atoms with Gasteiger partial charge in [0.25, 0.3) is 5.91 Å². The van der Waals surface area contributed by atoms with Crippen molar-refractivity contribution < 1.29 is 13.2 Å². The molecular weight excluding hydrogens is 364 g/mol. The second-order valence-corrected chi connectivity index (χ2v) is 9.02. The summed E-state index contributed by atoms with van der Waals surface area (Å²) in [5, 5.41) is 3.07. The molecule has 1 N–H and O–H groups in total. The largest absolute Gasteiger partial charge is 0.355 e. The zero-order chi connectivity index (χ0) is 19.6. The number of aromatic nitrogens is 1. The molecule has 0 aromatic carbocycles. The second kappa shape index (κ2) is 7.90. The van der Waals surface area contributed by atoms with Crippen molar-refractivity contribution in [1.82, 2.24) is 14.0 Å². The number of pyridine rings is 1. The maximum Gasteiger partial charge on any atom is 0.252 e. The number of carbonyl (C=O) groups excluding carboxylic acids is 1. The Labute approximate surface area is 161 Å². The van der Waals surface area contributed by atoms with Crippen LogP contribution in [0.15, 0.2) is 30.5 Å². The smallest absolute Gasteiger partial charge is 0.252 e. The highest BCUT2D eigenvalue weighted by Crippen LogP contribution is 2.22. The highest BCUT2D eigenvalue weighted by atomic mass is 32.2. The zero-order valence-electron chi connectivity index (χ0n) is 16.2. The fourth-order valence-corrected chi connectivity index (χ4v) is 4.32. The molecule has 0 radical (unpaired) electrons. The Balaban J connectivity index is 1.81. The third kappa shape index (κ3) is 4.27. The predicted octanol–water partition coefficient (Wildman–Crippen LogP) is 1.94. The third-order valence-electron chi connectivity index (χ3n) is 5.24. The minimum absolute atomic E-state index is 0.0628. The first-order chi connectivity index (χ1) is 12.8. The van der Waals surface area contributed by atoms with Crippen molar-refractivity contribution in [3.63, 3.8) is 0 Å². The molecule has 3 rings (SSSR count). The van der Waals surface area contributed by atoms with Gasteiger partial charge in [0.05, 0.1) is 11.8 Å². The average Bonchev–Trinajstić information content (AvgIpc) is 3.08. The molecule has 2 aromatic heterocycles. The number of amides is 1. The number of piperazine rings is 1. The number of nitrogens with one attached hydrogen (secondary N) is 1. The van der Waals surface area contributed by atoms with Crippen molar-refractivity contribution >= 4 is 27.3 Å². The molecule has 0 unspecified atom stereocenters. The van der Waals surface area contributed by atoms with Crippen LogP contribution in [0.25, 0.3) is 5.52 Å². The number of hydrogen-bond donors (Lipinski definition) is 1. The highest BCUT2D eigenvalue weighted by Gasteiger charge is 2.24. The van der Waals surface area contributed by atoms with E-state index in [1.165, 1.54) is 10.6 Å². The van der Waals surface area contributed by atoms with E-state index in [0.29, 0.717) is 31.7 Å². The number of anilines is 1. The number of nitrogens with zero attached hydrogens (tertiary/aromatic N) is 3. The van der Waals surface area contributed by atoms with Gasteiger partial charge in [0.1, 0.15) is 5.82 Å². The Morgan fingerprint density at radius 3 is 2.30 bits per heavy atom. The minimum atomic E-state index is -3.15. The highest BCUT2D eigenvalue weighted by molar-refractivity contribution is 7.88. The lowest BCUT2D eigenvalue weighted by Gasteiger charge is -2.34. The van der Waals surface area contributed by atoms with Crippen molar-refractivity contribution in [3.05, 3.63) is 36.0 Å². The van der Waals surface area contributed by atoms with Crippen molar-refractivity contribution in [2.75, 3.05) is 37.3 Å². The first-order valence-corrected chi connectivity index (χ1v) is 11.3. The van der Waals surface area contributed by atoms with E-state index < -0.39 is 10.0 Å². The van der Waals surface area contributed by atoms with E-state index in [1.54, 1.807) is 0 Å². The lowest BCUT2D eigenvalue weighted by molar-refractivity contribution is 0.0934. The summed E-state index contributed by atoms with van der Waals surface area (Å²) < 4.78 is 26.9. The molecule has 1 aliphatic heterocycles. The molecule has 3 heterocycles. The molecule has 0 saturated carbocycles. The van der Waals surface area contributed by atoms with Gasteiger partial charge in [0.2, 0.25) is 10.0 Å². The normalized spacial score (nSPS) is 16.2. The summed E-state index contributed by atoms with van der Waals surface area (Å²) in [6, 6.07) is 8.01. The summed E-state index contributed by atoms with van der Waals surface area (Å²) in [6.45, 7) is 6.34. The van der Waals surface area contributed by atoms with Crippen molar-refractivity contribution in [2.45, 2.75) is 32.7 Å². The van der Waals surface area contributed by atoms with Gasteiger partial charge in [0, 0.05) is 43.9 Å².